The van der Waals surface area contributed by atoms with Crippen molar-refractivity contribution >= 4 is 69.1 Å². The number of carboxylic acid groups (broad SMARTS) is 1. The number of hydrogen-bond donors (Lipinski definition) is 4. The van der Waals surface area contributed by atoms with Crippen LogP contribution in [0.4, 0.5) is 16.4 Å². The molecule has 0 spiro atoms. The molecular weight excluding hydrogens is 530 g/mol. The van der Waals surface area contributed by atoms with E-state index < -0.39 is 29.7 Å². The van der Waals surface area contributed by atoms with Gasteiger partial charge < -0.3 is 25.8 Å². The summed E-state index contributed by atoms with van der Waals surface area (Å²) in [6.07, 6.45) is -0.422. The summed E-state index contributed by atoms with van der Waals surface area (Å²) in [6, 6.07) is 15.6. The maximum absolute atomic E-state index is 12.9. The quantitative estimate of drug-likeness (QED) is 0.198. The number of anilines is 3. The molecule has 0 atom stereocenters. The highest BCUT2D eigenvalue weighted by molar-refractivity contribution is 8.00. The molecule has 3 rings (SSSR count). The third kappa shape index (κ3) is 7.92. The van der Waals surface area contributed by atoms with Crippen LogP contribution < -0.4 is 16.0 Å². The summed E-state index contributed by atoms with van der Waals surface area (Å²) in [5.74, 6) is -3.00. The first-order valence-corrected chi connectivity index (χ1v) is 13.1. The second kappa shape index (κ2) is 13.4. The van der Waals surface area contributed by atoms with Crippen LogP contribution >= 0.6 is 23.1 Å². The van der Waals surface area contributed by atoms with Gasteiger partial charge in [0.25, 0.3) is 5.91 Å². The van der Waals surface area contributed by atoms with Gasteiger partial charge in [-0.15, -0.1) is 23.1 Å². The number of carbonyl (C=O) groups is 5. The molecule has 0 radical (unpaired) electrons. The van der Waals surface area contributed by atoms with Crippen molar-refractivity contribution in [3.05, 3.63) is 70.6 Å². The molecule has 0 saturated heterocycles. The minimum Gasteiger partial charge on any atom is -0.481 e. The second-order valence-corrected chi connectivity index (χ2v) is 9.95. The van der Waals surface area contributed by atoms with E-state index in [4.69, 9.17) is 9.84 Å². The molecule has 0 aliphatic carbocycles. The van der Waals surface area contributed by atoms with E-state index in [9.17, 15) is 24.0 Å². The Hall–Kier alpha value is -4.16. The Balaban J connectivity index is 1.67. The monoisotopic (exact) mass is 555 g/mol. The predicted molar refractivity (Wildman–Crippen MR) is 146 cm³/mol. The molecule has 0 bridgehead atoms. The number of carbonyl (C=O) groups excluding carboxylic acids is 4. The molecule has 4 N–H and O–H groups in total. The van der Waals surface area contributed by atoms with Crippen LogP contribution in [-0.4, -0.2) is 47.6 Å². The van der Waals surface area contributed by atoms with Gasteiger partial charge in [-0.2, -0.15) is 0 Å². The number of ether oxygens (including phenoxy) is 1. The number of methoxy groups -OCH3 is 1. The van der Waals surface area contributed by atoms with Crippen molar-refractivity contribution < 1.29 is 33.8 Å². The lowest BCUT2D eigenvalue weighted by molar-refractivity contribution is -0.138. The summed E-state index contributed by atoms with van der Waals surface area (Å²) in [7, 11) is 1.22. The van der Waals surface area contributed by atoms with Crippen LogP contribution in [0.5, 0.6) is 0 Å². The zero-order valence-corrected chi connectivity index (χ0v) is 22.2. The number of thiophene rings is 1. The van der Waals surface area contributed by atoms with E-state index in [1.54, 1.807) is 55.5 Å². The molecule has 0 unspecified atom stereocenters. The minimum absolute atomic E-state index is 0.0144. The smallest absolute Gasteiger partial charge is 0.341 e. The lowest BCUT2D eigenvalue weighted by Crippen LogP contribution is -2.16. The van der Waals surface area contributed by atoms with Crippen molar-refractivity contribution in [2.75, 3.05) is 28.8 Å². The van der Waals surface area contributed by atoms with Crippen LogP contribution in [0.3, 0.4) is 0 Å². The van der Waals surface area contributed by atoms with E-state index in [0.29, 0.717) is 21.8 Å². The third-order valence-electron chi connectivity index (χ3n) is 5.08. The average molecular weight is 556 g/mol. The van der Waals surface area contributed by atoms with Crippen molar-refractivity contribution in [2.24, 2.45) is 0 Å². The topological polar surface area (TPSA) is 151 Å². The van der Waals surface area contributed by atoms with E-state index in [2.05, 4.69) is 16.0 Å². The summed E-state index contributed by atoms with van der Waals surface area (Å²) < 4.78 is 4.87. The fraction of sp³-hybridized carbons (Fsp3) is 0.192. The number of esters is 1. The molecule has 3 aromatic rings. The first-order chi connectivity index (χ1) is 18.2. The number of hydrogen-bond acceptors (Lipinski definition) is 8. The lowest BCUT2D eigenvalue weighted by Gasteiger charge is -2.08. The lowest BCUT2D eigenvalue weighted by atomic mass is 10.1. The highest BCUT2D eigenvalue weighted by atomic mass is 32.2. The predicted octanol–water partition coefficient (Wildman–Crippen LogP) is 4.63. The Morgan fingerprint density at radius 3 is 2.29 bits per heavy atom. The molecular formula is C26H25N3O7S2. The van der Waals surface area contributed by atoms with E-state index in [1.165, 1.54) is 18.9 Å². The molecule has 1 heterocycles. The fourth-order valence-corrected chi connectivity index (χ4v) is 5.16. The minimum atomic E-state index is -1.06. The molecule has 198 valence electrons. The Labute approximate surface area is 226 Å². The largest absolute Gasteiger partial charge is 0.481 e. The van der Waals surface area contributed by atoms with Gasteiger partial charge in [0.05, 0.1) is 29.7 Å². The number of benzene rings is 2. The van der Waals surface area contributed by atoms with Crippen LogP contribution in [0, 0.1) is 6.92 Å². The normalized spacial score (nSPS) is 10.4. The molecule has 3 amide bonds. The molecule has 0 fully saturated rings. The first-order valence-electron chi connectivity index (χ1n) is 11.3. The number of rotatable bonds is 11. The van der Waals surface area contributed by atoms with Gasteiger partial charge in [0, 0.05) is 22.7 Å². The van der Waals surface area contributed by atoms with Gasteiger partial charge >= 0.3 is 11.9 Å². The number of thioether (sulfide) groups is 1. The van der Waals surface area contributed by atoms with E-state index >= 15 is 0 Å². The fourth-order valence-electron chi connectivity index (χ4n) is 3.29. The Morgan fingerprint density at radius 2 is 1.61 bits per heavy atom. The van der Waals surface area contributed by atoms with Crippen LogP contribution in [0.25, 0.3) is 0 Å². The van der Waals surface area contributed by atoms with Gasteiger partial charge in [-0.05, 0) is 42.8 Å². The van der Waals surface area contributed by atoms with Crippen LogP contribution in [0.15, 0.2) is 59.5 Å². The van der Waals surface area contributed by atoms with Gasteiger partial charge in [0.15, 0.2) is 0 Å². The summed E-state index contributed by atoms with van der Waals surface area (Å²) >= 11 is 2.18. The van der Waals surface area contributed by atoms with Gasteiger partial charge in [0.2, 0.25) is 11.8 Å². The first kappa shape index (κ1) is 28.4. The van der Waals surface area contributed by atoms with Crippen molar-refractivity contribution in [3.63, 3.8) is 0 Å². The summed E-state index contributed by atoms with van der Waals surface area (Å²) in [4.78, 5) is 61.5. The van der Waals surface area contributed by atoms with Gasteiger partial charge in [-0.3, -0.25) is 19.2 Å². The summed E-state index contributed by atoms with van der Waals surface area (Å²) in [5.41, 5.74) is 1.57. The molecule has 12 heteroatoms. The second-order valence-electron chi connectivity index (χ2n) is 7.88. The number of carboxylic acids is 1. The van der Waals surface area contributed by atoms with E-state index in [-0.39, 0.29) is 34.0 Å². The number of aliphatic carboxylic acids is 1. The Morgan fingerprint density at radius 1 is 0.895 bits per heavy atom. The molecule has 0 aliphatic rings. The number of amides is 3. The van der Waals surface area contributed by atoms with Crippen molar-refractivity contribution in [1.29, 1.82) is 0 Å². The van der Waals surface area contributed by atoms with Gasteiger partial charge in [-0.25, -0.2) is 4.79 Å². The van der Waals surface area contributed by atoms with E-state index in [1.807, 2.05) is 6.07 Å². The molecule has 38 heavy (non-hydrogen) atoms. The van der Waals surface area contributed by atoms with Gasteiger partial charge in [0.1, 0.15) is 5.00 Å². The standard InChI is InChI=1S/C26H25N3O7S2/c1-15-22(26(35)36-2)25(38-23(15)24(34)28-16-7-4-3-5-8-16)29-20(31)14-37-18-10-6-9-17(13-18)27-19(30)11-12-21(32)33/h3-10,13H,11-12,14H2,1-2H3,(H,27,30)(H,28,34)(H,29,31)(H,32,33). The van der Waals surface area contributed by atoms with Crippen molar-refractivity contribution in [3.8, 4) is 0 Å². The third-order valence-corrected chi connectivity index (χ3v) is 7.28. The highest BCUT2D eigenvalue weighted by Gasteiger charge is 2.26. The summed E-state index contributed by atoms with van der Waals surface area (Å²) in [5, 5.41) is 17.0. The van der Waals surface area contributed by atoms with Crippen LogP contribution in [0.2, 0.25) is 0 Å². The zero-order valence-electron chi connectivity index (χ0n) is 20.5. The van der Waals surface area contributed by atoms with Gasteiger partial charge in [-0.1, -0.05) is 24.3 Å². The van der Waals surface area contributed by atoms with Crippen molar-refractivity contribution in [1.82, 2.24) is 0 Å². The van der Waals surface area contributed by atoms with Crippen molar-refractivity contribution in [2.45, 2.75) is 24.7 Å². The summed E-state index contributed by atoms with van der Waals surface area (Å²) in [6.45, 7) is 1.61. The van der Waals surface area contributed by atoms with Crippen LogP contribution in [0.1, 0.15) is 38.4 Å². The molecule has 10 nitrogen and oxygen atoms in total. The highest BCUT2D eigenvalue weighted by Crippen LogP contribution is 2.34. The average Bonchev–Trinajstić information content (AvgIpc) is 3.22. The number of nitrogens with one attached hydrogen (secondary N) is 3. The molecule has 1 aromatic heterocycles. The Kier molecular flexibility index (Phi) is 10.0. The SMILES string of the molecule is COC(=O)c1c(NC(=O)CSc2cccc(NC(=O)CCC(=O)O)c2)sc(C(=O)Nc2ccccc2)c1C. The Bertz CT molecular complexity index is 1360. The molecule has 2 aromatic carbocycles. The molecule has 0 aliphatic heterocycles. The maximum atomic E-state index is 12.9. The number of para-hydroxylation sites is 1. The zero-order chi connectivity index (χ0) is 27.7. The van der Waals surface area contributed by atoms with E-state index in [0.717, 1.165) is 11.3 Å². The van der Waals surface area contributed by atoms with Crippen LogP contribution in [-0.2, 0) is 19.1 Å². The maximum Gasteiger partial charge on any atom is 0.341 e. The molecule has 0 saturated carbocycles.